The molecule has 0 saturated heterocycles. The number of rotatable bonds is 5. The first kappa shape index (κ1) is 21.8. The SMILES string of the molecule is NC(Cc1ccccc1)n1c(=O)c(-c2ccccc2Cl)c2n(c1=O)C(c1ccccc1)CS2. The number of nitrogens with zero attached hydrogens (tertiary/aromatic N) is 2. The van der Waals surface area contributed by atoms with Crippen LogP contribution in [0.4, 0.5) is 0 Å². The molecule has 0 amide bonds. The zero-order valence-corrected chi connectivity index (χ0v) is 19.3. The fourth-order valence-electron chi connectivity index (χ4n) is 4.33. The molecule has 2 atom stereocenters. The molecule has 5 rings (SSSR count). The van der Waals surface area contributed by atoms with Gasteiger partial charge in [-0.1, -0.05) is 90.5 Å². The average molecular weight is 476 g/mol. The van der Waals surface area contributed by atoms with Gasteiger partial charge in [-0.05, 0) is 17.2 Å². The van der Waals surface area contributed by atoms with Gasteiger partial charge in [0, 0.05) is 22.8 Å². The Bertz CT molecular complexity index is 1420. The number of aromatic nitrogens is 2. The number of hydrogen-bond acceptors (Lipinski definition) is 4. The van der Waals surface area contributed by atoms with Crippen LogP contribution in [0.1, 0.15) is 23.3 Å². The molecule has 0 fully saturated rings. The van der Waals surface area contributed by atoms with Gasteiger partial charge >= 0.3 is 5.69 Å². The Balaban J connectivity index is 1.75. The van der Waals surface area contributed by atoms with Gasteiger partial charge < -0.3 is 5.73 Å². The molecule has 1 aliphatic rings. The molecule has 0 aliphatic carbocycles. The zero-order valence-electron chi connectivity index (χ0n) is 17.7. The molecule has 1 aromatic heterocycles. The highest BCUT2D eigenvalue weighted by Crippen LogP contribution is 2.41. The molecule has 1 aliphatic heterocycles. The van der Waals surface area contributed by atoms with E-state index in [0.29, 0.717) is 33.3 Å². The molecular formula is C26H22ClN3O2S. The van der Waals surface area contributed by atoms with Gasteiger partial charge in [0.2, 0.25) is 0 Å². The minimum Gasteiger partial charge on any atom is -0.310 e. The average Bonchev–Trinajstić information content (AvgIpc) is 3.27. The van der Waals surface area contributed by atoms with Crippen LogP contribution in [0.15, 0.2) is 99.5 Å². The molecule has 0 saturated carbocycles. The summed E-state index contributed by atoms with van der Waals surface area (Å²) in [5.74, 6) is 0.647. The Morgan fingerprint density at radius 2 is 1.58 bits per heavy atom. The lowest BCUT2D eigenvalue weighted by molar-refractivity contribution is 0.435. The summed E-state index contributed by atoms with van der Waals surface area (Å²) in [5.41, 5.74) is 8.69. The lowest BCUT2D eigenvalue weighted by Crippen LogP contribution is -2.47. The summed E-state index contributed by atoms with van der Waals surface area (Å²) in [6, 6.07) is 26.5. The van der Waals surface area contributed by atoms with Crippen LogP contribution in [-0.4, -0.2) is 14.9 Å². The van der Waals surface area contributed by atoms with Gasteiger partial charge in [-0.25, -0.2) is 9.36 Å². The highest BCUT2D eigenvalue weighted by Gasteiger charge is 2.33. The smallest absolute Gasteiger partial charge is 0.310 e. The van der Waals surface area contributed by atoms with Crippen molar-refractivity contribution in [2.75, 3.05) is 5.75 Å². The van der Waals surface area contributed by atoms with Crippen LogP contribution in [0.3, 0.4) is 0 Å². The van der Waals surface area contributed by atoms with Crippen molar-refractivity contribution in [2.24, 2.45) is 5.73 Å². The fraction of sp³-hybridized carbons (Fsp3) is 0.154. The van der Waals surface area contributed by atoms with E-state index < -0.39 is 17.4 Å². The van der Waals surface area contributed by atoms with Gasteiger partial charge in [-0.3, -0.25) is 9.36 Å². The summed E-state index contributed by atoms with van der Waals surface area (Å²) in [5, 5.41) is 1.10. The maximum Gasteiger partial charge on any atom is 0.333 e. The third-order valence-corrected chi connectivity index (χ3v) is 7.40. The monoisotopic (exact) mass is 475 g/mol. The van der Waals surface area contributed by atoms with E-state index in [1.54, 1.807) is 10.6 Å². The second kappa shape index (κ2) is 9.06. The van der Waals surface area contributed by atoms with Gasteiger partial charge in [-0.15, -0.1) is 11.8 Å². The van der Waals surface area contributed by atoms with Crippen LogP contribution in [0.25, 0.3) is 11.1 Å². The van der Waals surface area contributed by atoms with Crippen molar-refractivity contribution in [3.05, 3.63) is 122 Å². The first-order valence-corrected chi connectivity index (χ1v) is 12.1. The zero-order chi connectivity index (χ0) is 22.9. The summed E-state index contributed by atoms with van der Waals surface area (Å²) in [7, 11) is 0. The normalized spacial score (nSPS) is 15.9. The van der Waals surface area contributed by atoms with Crippen molar-refractivity contribution in [2.45, 2.75) is 23.7 Å². The van der Waals surface area contributed by atoms with Gasteiger partial charge in [-0.2, -0.15) is 0 Å². The van der Waals surface area contributed by atoms with E-state index in [0.717, 1.165) is 11.1 Å². The Kier molecular flexibility index (Phi) is 5.98. The minimum atomic E-state index is -0.812. The van der Waals surface area contributed by atoms with E-state index in [1.165, 1.54) is 16.3 Å². The number of fused-ring (bicyclic) bond motifs is 1. The Morgan fingerprint density at radius 1 is 0.939 bits per heavy atom. The molecule has 2 unspecified atom stereocenters. The van der Waals surface area contributed by atoms with Crippen molar-refractivity contribution < 1.29 is 0 Å². The standard InChI is InChI=1S/C26H22ClN3O2S/c27-20-14-8-7-13-19(20)23-24(31)30(22(28)15-17-9-3-1-4-10-17)26(32)29-21(16-33-25(23)29)18-11-5-2-6-12-18/h1-14,21-22H,15-16,28H2. The minimum absolute atomic E-state index is 0.198. The van der Waals surface area contributed by atoms with E-state index in [4.69, 9.17) is 17.3 Å². The second-order valence-electron chi connectivity index (χ2n) is 7.98. The highest BCUT2D eigenvalue weighted by atomic mass is 35.5. The molecular weight excluding hydrogens is 454 g/mol. The molecule has 0 spiro atoms. The van der Waals surface area contributed by atoms with Crippen LogP contribution in [0, 0.1) is 0 Å². The Labute approximate surface area is 200 Å². The molecule has 2 heterocycles. The van der Waals surface area contributed by atoms with Crippen LogP contribution < -0.4 is 17.0 Å². The van der Waals surface area contributed by atoms with Gasteiger partial charge in [0.1, 0.15) is 0 Å². The third kappa shape index (κ3) is 3.95. The quantitative estimate of drug-likeness (QED) is 0.424. The predicted molar refractivity (Wildman–Crippen MR) is 134 cm³/mol. The summed E-state index contributed by atoms with van der Waals surface area (Å²) in [6.45, 7) is 0. The van der Waals surface area contributed by atoms with Crippen LogP contribution in [-0.2, 0) is 6.42 Å². The number of benzene rings is 3. The number of halogens is 1. The maximum absolute atomic E-state index is 13.8. The molecule has 7 heteroatoms. The lowest BCUT2D eigenvalue weighted by atomic mass is 10.1. The van der Waals surface area contributed by atoms with Gasteiger partial charge in [0.25, 0.3) is 5.56 Å². The maximum atomic E-state index is 13.8. The molecule has 5 nitrogen and oxygen atoms in total. The van der Waals surface area contributed by atoms with E-state index >= 15 is 0 Å². The van der Waals surface area contributed by atoms with Crippen LogP contribution in [0.2, 0.25) is 5.02 Å². The number of nitrogens with two attached hydrogens (primary N) is 1. The van der Waals surface area contributed by atoms with E-state index in [-0.39, 0.29) is 6.04 Å². The fourth-order valence-corrected chi connectivity index (χ4v) is 5.90. The molecule has 0 radical (unpaired) electrons. The Morgan fingerprint density at radius 3 is 2.27 bits per heavy atom. The second-order valence-corrected chi connectivity index (χ2v) is 9.40. The first-order valence-electron chi connectivity index (χ1n) is 10.7. The van der Waals surface area contributed by atoms with Crippen molar-refractivity contribution in [1.29, 1.82) is 0 Å². The Hall–Kier alpha value is -3.06. The van der Waals surface area contributed by atoms with Crippen LogP contribution >= 0.6 is 23.4 Å². The molecule has 33 heavy (non-hydrogen) atoms. The third-order valence-electron chi connectivity index (χ3n) is 5.91. The summed E-state index contributed by atoms with van der Waals surface area (Å²) in [4.78, 5) is 27.5. The molecule has 166 valence electrons. The van der Waals surface area contributed by atoms with Gasteiger partial charge in [0.05, 0.1) is 22.8 Å². The van der Waals surface area contributed by atoms with Gasteiger partial charge in [0.15, 0.2) is 0 Å². The lowest BCUT2D eigenvalue weighted by Gasteiger charge is -2.21. The van der Waals surface area contributed by atoms with Crippen molar-refractivity contribution >= 4 is 23.4 Å². The van der Waals surface area contributed by atoms with E-state index in [9.17, 15) is 9.59 Å². The summed E-state index contributed by atoms with van der Waals surface area (Å²) < 4.78 is 2.90. The summed E-state index contributed by atoms with van der Waals surface area (Å²) >= 11 is 8.02. The predicted octanol–water partition coefficient (Wildman–Crippen LogP) is 4.73. The van der Waals surface area contributed by atoms with Crippen molar-refractivity contribution in [1.82, 2.24) is 9.13 Å². The summed E-state index contributed by atoms with van der Waals surface area (Å²) in [6.07, 6.45) is -0.450. The van der Waals surface area contributed by atoms with Crippen molar-refractivity contribution in [3.8, 4) is 11.1 Å². The van der Waals surface area contributed by atoms with E-state index in [1.807, 2.05) is 78.9 Å². The highest BCUT2D eigenvalue weighted by molar-refractivity contribution is 7.99. The molecule has 2 N–H and O–H groups in total. The topological polar surface area (TPSA) is 70.0 Å². The number of hydrogen-bond donors (Lipinski definition) is 1. The molecule has 4 aromatic rings. The first-order chi connectivity index (χ1) is 16.1. The van der Waals surface area contributed by atoms with Crippen LogP contribution in [0.5, 0.6) is 0 Å². The molecule has 0 bridgehead atoms. The largest absolute Gasteiger partial charge is 0.333 e. The van der Waals surface area contributed by atoms with Crippen molar-refractivity contribution in [3.63, 3.8) is 0 Å². The molecule has 3 aromatic carbocycles. The van der Waals surface area contributed by atoms with E-state index in [2.05, 4.69) is 0 Å². The number of thioether (sulfide) groups is 1.